The second kappa shape index (κ2) is 9.46. The first-order chi connectivity index (χ1) is 15.1. The van der Waals surface area contributed by atoms with Crippen LogP contribution in [-0.4, -0.2) is 53.9 Å². The third-order valence-electron chi connectivity index (χ3n) is 5.28. The van der Waals surface area contributed by atoms with Crippen molar-refractivity contribution in [3.8, 4) is 11.8 Å². The molecule has 12 heteroatoms. The largest absolute Gasteiger partial charge is 0.495 e. The van der Waals surface area contributed by atoms with Crippen LogP contribution in [0.15, 0.2) is 12.1 Å². The number of amides is 1. The molecule has 1 fully saturated rings. The molecule has 1 aromatic heterocycles. The predicted octanol–water partition coefficient (Wildman–Crippen LogP) is 3.94. The Morgan fingerprint density at radius 3 is 2.44 bits per heavy atom. The summed E-state index contributed by atoms with van der Waals surface area (Å²) in [6.07, 6.45) is -4.53. The van der Waals surface area contributed by atoms with E-state index in [2.05, 4.69) is 11.2 Å². The molecule has 0 aliphatic carbocycles. The summed E-state index contributed by atoms with van der Waals surface area (Å²) >= 11 is 11.9. The molecule has 0 atom stereocenters. The number of halogens is 5. The Labute approximate surface area is 192 Å². The van der Waals surface area contributed by atoms with Crippen LogP contribution in [0.3, 0.4) is 0 Å². The van der Waals surface area contributed by atoms with Crippen molar-refractivity contribution >= 4 is 34.8 Å². The van der Waals surface area contributed by atoms with Crippen molar-refractivity contribution in [1.29, 1.82) is 5.26 Å². The van der Waals surface area contributed by atoms with Gasteiger partial charge in [-0.2, -0.15) is 23.5 Å². The molecule has 3 rings (SSSR count). The number of carbonyl (C=O) groups excluding carboxylic acids is 1. The van der Waals surface area contributed by atoms with Gasteiger partial charge in [0, 0.05) is 37.9 Å². The van der Waals surface area contributed by atoms with Crippen molar-refractivity contribution in [3.63, 3.8) is 0 Å². The maximum atomic E-state index is 13.0. The number of rotatable bonds is 5. The van der Waals surface area contributed by atoms with Gasteiger partial charge in [-0.1, -0.05) is 23.2 Å². The summed E-state index contributed by atoms with van der Waals surface area (Å²) < 4.78 is 45.3. The van der Waals surface area contributed by atoms with E-state index in [1.54, 1.807) is 17.0 Å². The second-order valence-electron chi connectivity index (χ2n) is 7.22. The van der Waals surface area contributed by atoms with Crippen molar-refractivity contribution in [2.75, 3.05) is 38.2 Å². The number of piperazine rings is 1. The fourth-order valence-electron chi connectivity index (χ4n) is 3.55. The summed E-state index contributed by atoms with van der Waals surface area (Å²) in [5.74, 6) is 0.125. The lowest BCUT2D eigenvalue weighted by atomic mass is 10.1. The minimum atomic E-state index is -4.69. The van der Waals surface area contributed by atoms with Crippen LogP contribution in [-0.2, 0) is 23.9 Å². The number of alkyl halides is 3. The van der Waals surface area contributed by atoms with Crippen molar-refractivity contribution in [3.05, 3.63) is 39.1 Å². The summed E-state index contributed by atoms with van der Waals surface area (Å²) in [5.41, 5.74) is 0.431. The van der Waals surface area contributed by atoms with Crippen LogP contribution < -0.4 is 9.64 Å². The highest BCUT2D eigenvalue weighted by molar-refractivity contribution is 6.32. The van der Waals surface area contributed by atoms with E-state index < -0.39 is 16.9 Å². The van der Waals surface area contributed by atoms with E-state index in [0.717, 1.165) is 15.9 Å². The summed E-state index contributed by atoms with van der Waals surface area (Å²) in [6.45, 7) is 2.71. The molecule has 172 valence electrons. The van der Waals surface area contributed by atoms with Gasteiger partial charge in [-0.3, -0.25) is 9.48 Å². The number of benzene rings is 1. The Hall–Kier alpha value is -2.64. The second-order valence-corrected chi connectivity index (χ2v) is 8.01. The Bertz CT molecular complexity index is 1060. The smallest absolute Gasteiger partial charge is 0.436 e. The van der Waals surface area contributed by atoms with Gasteiger partial charge in [0.25, 0.3) is 0 Å². The molecule has 0 N–H and O–H groups in total. The lowest BCUT2D eigenvalue weighted by molar-refractivity contribution is -0.142. The molecule has 32 heavy (non-hydrogen) atoms. The Kier molecular flexibility index (Phi) is 7.10. The number of aromatic nitrogens is 2. The standard InChI is InChI=1S/C20H20Cl2F3N5O2/c1-12-18(22)19(20(23,24)25)27-30(12)11-17(31)29-7-5-28(6-8-29)15-10-16(32-2)14(21)9-13(15)3-4-26/h9-10H,3,5-8,11H2,1-2H3. The quantitative estimate of drug-likeness (QED) is 0.635. The van der Waals surface area contributed by atoms with Crippen LogP contribution in [0.25, 0.3) is 0 Å². The normalized spacial score (nSPS) is 14.4. The number of anilines is 1. The fourth-order valence-corrected chi connectivity index (χ4v) is 4.05. The average molecular weight is 490 g/mol. The zero-order valence-electron chi connectivity index (χ0n) is 17.3. The molecule has 7 nitrogen and oxygen atoms in total. The molecule has 1 saturated heterocycles. The number of ether oxygens (including phenoxy) is 1. The first-order valence-electron chi connectivity index (χ1n) is 9.63. The molecule has 0 bridgehead atoms. The molecular formula is C20H20Cl2F3N5O2. The highest BCUT2D eigenvalue weighted by atomic mass is 35.5. The van der Waals surface area contributed by atoms with Gasteiger partial charge in [0.1, 0.15) is 12.3 Å². The molecule has 1 aliphatic rings. The minimum absolute atomic E-state index is 0.0837. The highest BCUT2D eigenvalue weighted by Gasteiger charge is 2.38. The zero-order valence-corrected chi connectivity index (χ0v) is 18.9. The van der Waals surface area contributed by atoms with Crippen LogP contribution in [0.2, 0.25) is 10.0 Å². The van der Waals surface area contributed by atoms with E-state index in [9.17, 15) is 18.0 Å². The third-order valence-corrected chi connectivity index (χ3v) is 6.03. The third kappa shape index (κ3) is 4.89. The number of carbonyl (C=O) groups is 1. The Balaban J connectivity index is 1.70. The van der Waals surface area contributed by atoms with E-state index in [1.165, 1.54) is 14.0 Å². The number of methoxy groups -OCH3 is 1. The monoisotopic (exact) mass is 489 g/mol. The van der Waals surface area contributed by atoms with Gasteiger partial charge in [0.15, 0.2) is 5.69 Å². The molecule has 1 aromatic carbocycles. The molecule has 2 aromatic rings. The van der Waals surface area contributed by atoms with Crippen molar-refractivity contribution < 1.29 is 22.7 Å². The molecule has 0 unspecified atom stereocenters. The van der Waals surface area contributed by atoms with Gasteiger partial charge in [-0.05, 0) is 18.6 Å². The van der Waals surface area contributed by atoms with E-state index >= 15 is 0 Å². The van der Waals surface area contributed by atoms with E-state index in [4.69, 9.17) is 33.2 Å². The van der Waals surface area contributed by atoms with Crippen molar-refractivity contribution in [2.24, 2.45) is 0 Å². The molecule has 0 saturated carbocycles. The SMILES string of the molecule is COc1cc(N2CCN(C(=O)Cn3nc(C(F)(F)F)c(Cl)c3C)CC2)c(CC#N)cc1Cl. The van der Waals surface area contributed by atoms with Gasteiger partial charge in [0.05, 0.1) is 35.3 Å². The maximum absolute atomic E-state index is 13.0. The lowest BCUT2D eigenvalue weighted by Gasteiger charge is -2.37. The predicted molar refractivity (Wildman–Crippen MR) is 113 cm³/mol. The van der Waals surface area contributed by atoms with Crippen LogP contribution >= 0.6 is 23.2 Å². The van der Waals surface area contributed by atoms with Crippen LogP contribution in [0.1, 0.15) is 17.0 Å². The number of hydrogen-bond acceptors (Lipinski definition) is 5. The average Bonchev–Trinajstić information content (AvgIpc) is 3.03. The van der Waals surface area contributed by atoms with E-state index in [1.807, 2.05) is 4.90 Å². The first-order valence-corrected chi connectivity index (χ1v) is 10.4. The van der Waals surface area contributed by atoms with E-state index in [0.29, 0.717) is 37.0 Å². The van der Waals surface area contributed by atoms with Gasteiger partial charge >= 0.3 is 6.18 Å². The van der Waals surface area contributed by atoms with Gasteiger partial charge in [-0.25, -0.2) is 0 Å². The summed E-state index contributed by atoms with van der Waals surface area (Å²) in [4.78, 5) is 16.3. The van der Waals surface area contributed by atoms with Crippen molar-refractivity contribution in [1.82, 2.24) is 14.7 Å². The molecule has 1 amide bonds. The van der Waals surface area contributed by atoms with Gasteiger partial charge < -0.3 is 14.5 Å². The Morgan fingerprint density at radius 1 is 1.25 bits per heavy atom. The zero-order chi connectivity index (χ0) is 23.6. The lowest BCUT2D eigenvalue weighted by Crippen LogP contribution is -2.50. The summed E-state index contributed by atoms with van der Waals surface area (Å²) in [5, 5.41) is 12.5. The number of hydrogen-bond donors (Lipinski definition) is 0. The molecule has 2 heterocycles. The van der Waals surface area contributed by atoms with Crippen molar-refractivity contribution in [2.45, 2.75) is 26.1 Å². The van der Waals surface area contributed by atoms with E-state index in [-0.39, 0.29) is 24.6 Å². The van der Waals surface area contributed by atoms with Crippen LogP contribution in [0, 0.1) is 18.3 Å². The molecule has 1 aliphatic heterocycles. The van der Waals surface area contributed by atoms with Gasteiger partial charge in [0.2, 0.25) is 5.91 Å². The van der Waals surface area contributed by atoms with Crippen LogP contribution in [0.4, 0.5) is 18.9 Å². The van der Waals surface area contributed by atoms with Gasteiger partial charge in [-0.15, -0.1) is 0 Å². The van der Waals surface area contributed by atoms with Crippen LogP contribution in [0.5, 0.6) is 5.75 Å². The first kappa shape index (κ1) is 24.0. The highest BCUT2D eigenvalue weighted by Crippen LogP contribution is 2.36. The fraction of sp³-hybridized carbons (Fsp3) is 0.450. The molecular weight excluding hydrogens is 470 g/mol. The summed E-state index contributed by atoms with van der Waals surface area (Å²) in [7, 11) is 1.50. The topological polar surface area (TPSA) is 74.4 Å². The molecule has 0 radical (unpaired) electrons. The summed E-state index contributed by atoms with van der Waals surface area (Å²) in [6, 6.07) is 5.57. The minimum Gasteiger partial charge on any atom is -0.495 e. The molecule has 0 spiro atoms. The number of nitriles is 1. The maximum Gasteiger partial charge on any atom is 0.436 e. The Morgan fingerprint density at radius 2 is 1.91 bits per heavy atom. The number of nitrogens with zero attached hydrogens (tertiary/aromatic N) is 5.